The fourth-order valence-electron chi connectivity index (χ4n) is 1.54. The van der Waals surface area contributed by atoms with Crippen LogP contribution in [0.2, 0.25) is 10.0 Å². The van der Waals surface area contributed by atoms with Crippen LogP contribution < -0.4 is 0 Å². The van der Waals surface area contributed by atoms with Gasteiger partial charge in [-0.05, 0) is 18.2 Å². The second-order valence-corrected chi connectivity index (χ2v) is 4.20. The fourth-order valence-corrected chi connectivity index (χ4v) is 1.86. The number of hydrogen-bond donors (Lipinski definition) is 1. The van der Waals surface area contributed by atoms with Crippen LogP contribution in [-0.2, 0) is 0 Å². The molecule has 2 aromatic heterocycles. The van der Waals surface area contributed by atoms with E-state index in [2.05, 4.69) is 9.97 Å². The number of hydrogen-bond acceptors (Lipinski definition) is 2. The van der Waals surface area contributed by atoms with E-state index in [1.165, 1.54) is 0 Å². The summed E-state index contributed by atoms with van der Waals surface area (Å²) in [6, 6.07) is 5.33. The Hall–Kier alpha value is -1.45. The van der Waals surface area contributed by atoms with Crippen LogP contribution in [0.25, 0.3) is 22.4 Å². The minimum absolute atomic E-state index is 0.499. The van der Waals surface area contributed by atoms with Gasteiger partial charge in [-0.15, -0.1) is 0 Å². The number of benzene rings is 1. The Bertz CT molecular complexity index is 604. The van der Waals surface area contributed by atoms with Gasteiger partial charge in [0.1, 0.15) is 12.1 Å². The number of rotatable bonds is 1. The number of halogens is 2. The number of nitrogens with zero attached hydrogens (tertiary/aromatic N) is 1. The lowest BCUT2D eigenvalue weighted by Crippen LogP contribution is -1.73. The number of aromatic nitrogens is 2. The van der Waals surface area contributed by atoms with Crippen molar-refractivity contribution in [3.63, 3.8) is 0 Å². The zero-order valence-electron chi connectivity index (χ0n) is 8.00. The molecule has 0 amide bonds. The number of furan rings is 1. The molecule has 5 heteroatoms. The van der Waals surface area contributed by atoms with E-state index in [4.69, 9.17) is 27.6 Å². The third-order valence-electron chi connectivity index (χ3n) is 2.32. The lowest BCUT2D eigenvalue weighted by atomic mass is 10.3. The van der Waals surface area contributed by atoms with Crippen LogP contribution in [0.5, 0.6) is 0 Å². The maximum Gasteiger partial charge on any atom is 0.141 e. The summed E-state index contributed by atoms with van der Waals surface area (Å²) >= 11 is 11.8. The monoisotopic (exact) mass is 252 g/mol. The van der Waals surface area contributed by atoms with Crippen molar-refractivity contribution >= 4 is 34.2 Å². The third kappa shape index (κ3) is 1.49. The lowest BCUT2D eigenvalue weighted by molar-refractivity contribution is 0.568. The van der Waals surface area contributed by atoms with Crippen molar-refractivity contribution in [3.05, 3.63) is 40.8 Å². The SMILES string of the molecule is Clc1cc2nc(-c3ccoc3)[nH]c2cc1Cl. The molecule has 0 spiro atoms. The van der Waals surface area contributed by atoms with Gasteiger partial charge in [-0.25, -0.2) is 4.98 Å². The van der Waals surface area contributed by atoms with Crippen LogP contribution in [0.1, 0.15) is 0 Å². The van der Waals surface area contributed by atoms with Gasteiger partial charge in [0.25, 0.3) is 0 Å². The van der Waals surface area contributed by atoms with Crippen molar-refractivity contribution in [1.29, 1.82) is 0 Å². The van der Waals surface area contributed by atoms with Crippen LogP contribution >= 0.6 is 23.2 Å². The summed E-state index contributed by atoms with van der Waals surface area (Å²) in [6.45, 7) is 0. The predicted molar refractivity (Wildman–Crippen MR) is 63.8 cm³/mol. The van der Waals surface area contributed by atoms with E-state index in [1.807, 2.05) is 6.07 Å². The highest BCUT2D eigenvalue weighted by atomic mass is 35.5. The van der Waals surface area contributed by atoms with Gasteiger partial charge in [0.2, 0.25) is 0 Å². The van der Waals surface area contributed by atoms with Crippen molar-refractivity contribution in [3.8, 4) is 11.4 Å². The summed E-state index contributed by atoms with van der Waals surface area (Å²) in [5.41, 5.74) is 2.53. The van der Waals surface area contributed by atoms with Crippen molar-refractivity contribution in [1.82, 2.24) is 9.97 Å². The maximum atomic E-state index is 5.92. The molecule has 0 aliphatic heterocycles. The van der Waals surface area contributed by atoms with E-state index in [-0.39, 0.29) is 0 Å². The van der Waals surface area contributed by atoms with Gasteiger partial charge in [0.15, 0.2) is 0 Å². The molecule has 0 atom stereocenters. The lowest BCUT2D eigenvalue weighted by Gasteiger charge is -1.93. The van der Waals surface area contributed by atoms with Crippen molar-refractivity contribution in [2.45, 2.75) is 0 Å². The highest BCUT2D eigenvalue weighted by Crippen LogP contribution is 2.28. The average molecular weight is 253 g/mol. The largest absolute Gasteiger partial charge is 0.472 e. The molecule has 0 saturated heterocycles. The first-order valence-corrected chi connectivity index (χ1v) is 5.37. The van der Waals surface area contributed by atoms with Crippen LogP contribution in [0.15, 0.2) is 35.1 Å². The third-order valence-corrected chi connectivity index (χ3v) is 3.04. The number of nitrogens with one attached hydrogen (secondary N) is 1. The van der Waals surface area contributed by atoms with E-state index >= 15 is 0 Å². The number of aromatic amines is 1. The van der Waals surface area contributed by atoms with Crippen LogP contribution in [-0.4, -0.2) is 9.97 Å². The molecule has 0 fully saturated rings. The highest BCUT2D eigenvalue weighted by Gasteiger charge is 2.08. The first-order chi connectivity index (χ1) is 7.74. The van der Waals surface area contributed by atoms with Gasteiger partial charge in [0.05, 0.1) is 32.9 Å². The van der Waals surface area contributed by atoms with Gasteiger partial charge in [-0.1, -0.05) is 23.2 Å². The smallest absolute Gasteiger partial charge is 0.141 e. The molecule has 80 valence electrons. The van der Waals surface area contributed by atoms with E-state index in [1.54, 1.807) is 24.7 Å². The summed E-state index contributed by atoms with van der Waals surface area (Å²) in [5.74, 6) is 0.738. The summed E-state index contributed by atoms with van der Waals surface area (Å²) in [6.07, 6.45) is 3.23. The van der Waals surface area contributed by atoms with E-state index in [0.717, 1.165) is 22.4 Å². The molecule has 3 rings (SSSR count). The van der Waals surface area contributed by atoms with E-state index in [9.17, 15) is 0 Å². The Morgan fingerprint density at radius 3 is 2.75 bits per heavy atom. The topological polar surface area (TPSA) is 41.8 Å². The molecule has 1 aromatic carbocycles. The summed E-state index contributed by atoms with van der Waals surface area (Å²) < 4.78 is 5.00. The number of imidazole rings is 1. The van der Waals surface area contributed by atoms with Gasteiger partial charge in [-0.3, -0.25) is 0 Å². The zero-order chi connectivity index (χ0) is 11.1. The quantitative estimate of drug-likeness (QED) is 0.708. The Kier molecular flexibility index (Phi) is 2.16. The molecule has 0 bridgehead atoms. The normalized spacial score (nSPS) is 11.1. The summed E-state index contributed by atoms with van der Waals surface area (Å²) in [7, 11) is 0. The molecule has 3 aromatic rings. The molecule has 0 radical (unpaired) electrons. The summed E-state index contributed by atoms with van der Waals surface area (Å²) in [4.78, 5) is 7.55. The van der Waals surface area contributed by atoms with Crippen LogP contribution in [0.4, 0.5) is 0 Å². The average Bonchev–Trinajstić information content (AvgIpc) is 2.86. The van der Waals surface area contributed by atoms with Gasteiger partial charge in [-0.2, -0.15) is 0 Å². The molecule has 0 saturated carbocycles. The van der Waals surface area contributed by atoms with Crippen LogP contribution in [0.3, 0.4) is 0 Å². The number of fused-ring (bicyclic) bond motifs is 1. The summed E-state index contributed by atoms with van der Waals surface area (Å²) in [5, 5.41) is 1.01. The Morgan fingerprint density at radius 1 is 1.19 bits per heavy atom. The minimum Gasteiger partial charge on any atom is -0.472 e. The van der Waals surface area contributed by atoms with Gasteiger partial charge in [0, 0.05) is 0 Å². The standard InChI is InChI=1S/C11H6Cl2N2O/c12-7-3-9-10(4-8(7)13)15-11(14-9)6-1-2-16-5-6/h1-5H,(H,14,15). The molecule has 0 aliphatic rings. The molecule has 3 nitrogen and oxygen atoms in total. The Labute approximate surface area is 101 Å². The minimum atomic E-state index is 0.499. The van der Waals surface area contributed by atoms with E-state index in [0.29, 0.717) is 10.0 Å². The molecule has 16 heavy (non-hydrogen) atoms. The molecular weight excluding hydrogens is 247 g/mol. The maximum absolute atomic E-state index is 5.92. The number of H-pyrrole nitrogens is 1. The Balaban J connectivity index is 2.23. The molecule has 0 unspecified atom stereocenters. The predicted octanol–water partition coefficient (Wildman–Crippen LogP) is 4.13. The molecule has 1 N–H and O–H groups in total. The zero-order valence-corrected chi connectivity index (χ0v) is 9.51. The molecular formula is C11H6Cl2N2O. The fraction of sp³-hybridized carbons (Fsp3) is 0. The highest BCUT2D eigenvalue weighted by molar-refractivity contribution is 6.42. The second kappa shape index (κ2) is 3.54. The van der Waals surface area contributed by atoms with Crippen molar-refractivity contribution < 1.29 is 4.42 Å². The van der Waals surface area contributed by atoms with Gasteiger partial charge < -0.3 is 9.40 Å². The van der Waals surface area contributed by atoms with Gasteiger partial charge >= 0.3 is 0 Å². The van der Waals surface area contributed by atoms with Crippen LogP contribution in [0, 0.1) is 0 Å². The van der Waals surface area contributed by atoms with Crippen molar-refractivity contribution in [2.24, 2.45) is 0 Å². The van der Waals surface area contributed by atoms with Crippen molar-refractivity contribution in [2.75, 3.05) is 0 Å². The Morgan fingerprint density at radius 2 is 2.00 bits per heavy atom. The molecule has 2 heterocycles. The first-order valence-electron chi connectivity index (χ1n) is 4.61. The second-order valence-electron chi connectivity index (χ2n) is 3.38. The first kappa shape index (κ1) is 9.75. The molecule has 0 aliphatic carbocycles. The van der Waals surface area contributed by atoms with E-state index < -0.39 is 0 Å².